The molecular weight excluding hydrogens is 222 g/mol. The molecule has 0 unspecified atom stereocenters. The lowest BCUT2D eigenvalue weighted by Gasteiger charge is -2.06. The van der Waals surface area contributed by atoms with Gasteiger partial charge in [-0.15, -0.1) is 0 Å². The average molecular weight is 239 g/mol. The summed E-state index contributed by atoms with van der Waals surface area (Å²) >= 11 is 0. The van der Waals surface area contributed by atoms with Crippen molar-refractivity contribution in [3.05, 3.63) is 54.1 Å². The largest absolute Gasteiger partial charge is 0.385 e. The fraction of sp³-hybridized carbons (Fsp3) is 0.200. The monoisotopic (exact) mass is 239 g/mol. The molecule has 0 saturated carbocycles. The fourth-order valence-corrected chi connectivity index (χ4v) is 1.71. The van der Waals surface area contributed by atoms with Crippen LogP contribution in [-0.4, -0.2) is 6.54 Å². The quantitative estimate of drug-likeness (QED) is 0.761. The highest BCUT2D eigenvalue weighted by molar-refractivity contribution is 5.57. The number of aryl methyl sites for hydroxylation is 1. The van der Waals surface area contributed by atoms with E-state index in [2.05, 4.69) is 29.4 Å². The molecule has 3 heteroatoms. The Morgan fingerprint density at radius 2 is 1.67 bits per heavy atom. The maximum absolute atomic E-state index is 4.24. The molecule has 0 bridgehead atoms. The number of nitrogens with zero attached hydrogens (tertiary/aromatic N) is 2. The van der Waals surface area contributed by atoms with Gasteiger partial charge in [-0.2, -0.15) is 10.2 Å². The van der Waals surface area contributed by atoms with Gasteiger partial charge in [0, 0.05) is 12.2 Å². The van der Waals surface area contributed by atoms with Gasteiger partial charge in [0.1, 0.15) is 0 Å². The van der Waals surface area contributed by atoms with Crippen molar-refractivity contribution in [1.29, 1.82) is 0 Å². The predicted molar refractivity (Wildman–Crippen MR) is 76.0 cm³/mol. The van der Waals surface area contributed by atoms with Crippen LogP contribution in [0.1, 0.15) is 12.5 Å². The maximum Gasteiger partial charge on any atom is 0.0861 e. The van der Waals surface area contributed by atoms with E-state index in [0.29, 0.717) is 0 Å². The van der Waals surface area contributed by atoms with E-state index in [1.165, 1.54) is 5.56 Å². The summed E-state index contributed by atoms with van der Waals surface area (Å²) in [5, 5.41) is 11.7. The van der Waals surface area contributed by atoms with E-state index in [-0.39, 0.29) is 0 Å². The molecule has 2 aromatic rings. The number of benzene rings is 2. The maximum atomic E-state index is 4.24. The van der Waals surface area contributed by atoms with Gasteiger partial charge in [-0.3, -0.25) is 0 Å². The fourth-order valence-electron chi connectivity index (χ4n) is 1.71. The van der Waals surface area contributed by atoms with Gasteiger partial charge in [0.15, 0.2) is 0 Å². The zero-order valence-electron chi connectivity index (χ0n) is 10.7. The van der Waals surface area contributed by atoms with Crippen LogP contribution in [0.4, 0.5) is 17.1 Å². The van der Waals surface area contributed by atoms with Gasteiger partial charge in [-0.05, 0) is 49.7 Å². The highest BCUT2D eigenvalue weighted by atomic mass is 15.1. The van der Waals surface area contributed by atoms with E-state index in [4.69, 9.17) is 0 Å². The molecule has 92 valence electrons. The topological polar surface area (TPSA) is 36.8 Å². The molecule has 0 fully saturated rings. The van der Waals surface area contributed by atoms with Crippen LogP contribution in [-0.2, 0) is 0 Å². The van der Waals surface area contributed by atoms with Crippen molar-refractivity contribution in [3.63, 3.8) is 0 Å². The van der Waals surface area contributed by atoms with Gasteiger partial charge >= 0.3 is 0 Å². The molecular formula is C15H17N3. The van der Waals surface area contributed by atoms with Crippen molar-refractivity contribution in [2.45, 2.75) is 13.8 Å². The van der Waals surface area contributed by atoms with Gasteiger partial charge < -0.3 is 5.32 Å². The van der Waals surface area contributed by atoms with E-state index in [1.807, 2.05) is 48.5 Å². The molecule has 2 aromatic carbocycles. The van der Waals surface area contributed by atoms with Crippen LogP contribution in [0.3, 0.4) is 0 Å². The lowest BCUT2D eigenvalue weighted by Crippen LogP contribution is -1.97. The summed E-state index contributed by atoms with van der Waals surface area (Å²) in [6.45, 7) is 5.08. The van der Waals surface area contributed by atoms with Gasteiger partial charge in [0.05, 0.1) is 11.4 Å². The van der Waals surface area contributed by atoms with Crippen molar-refractivity contribution in [1.82, 2.24) is 0 Å². The van der Waals surface area contributed by atoms with Gasteiger partial charge in [-0.25, -0.2) is 0 Å². The first-order valence-corrected chi connectivity index (χ1v) is 6.11. The molecule has 2 rings (SSSR count). The standard InChI is InChI=1S/C15H17N3/c1-3-16-15-10-9-14(11-12(15)2)18-17-13-7-5-4-6-8-13/h4-11,16H,3H2,1-2H3. The van der Waals surface area contributed by atoms with E-state index in [1.54, 1.807) is 0 Å². The Bertz CT molecular complexity index is 533. The molecule has 0 heterocycles. The molecule has 0 aliphatic heterocycles. The Morgan fingerprint density at radius 3 is 2.33 bits per heavy atom. The smallest absolute Gasteiger partial charge is 0.0861 e. The second kappa shape index (κ2) is 5.96. The van der Waals surface area contributed by atoms with Crippen LogP contribution < -0.4 is 5.32 Å². The first kappa shape index (κ1) is 12.3. The third kappa shape index (κ3) is 3.17. The molecule has 0 saturated heterocycles. The van der Waals surface area contributed by atoms with Crippen molar-refractivity contribution >= 4 is 17.1 Å². The van der Waals surface area contributed by atoms with E-state index < -0.39 is 0 Å². The molecule has 0 atom stereocenters. The number of rotatable bonds is 4. The van der Waals surface area contributed by atoms with Crippen LogP contribution in [0, 0.1) is 6.92 Å². The summed E-state index contributed by atoms with van der Waals surface area (Å²) in [6, 6.07) is 15.8. The van der Waals surface area contributed by atoms with Gasteiger partial charge in [-0.1, -0.05) is 18.2 Å². The molecule has 1 N–H and O–H groups in total. The second-order valence-electron chi connectivity index (χ2n) is 4.07. The lowest BCUT2D eigenvalue weighted by atomic mass is 10.2. The Hall–Kier alpha value is -2.16. The second-order valence-corrected chi connectivity index (χ2v) is 4.07. The highest BCUT2D eigenvalue weighted by Gasteiger charge is 1.98. The summed E-state index contributed by atoms with van der Waals surface area (Å²) in [7, 11) is 0. The van der Waals surface area contributed by atoms with Crippen LogP contribution in [0.5, 0.6) is 0 Å². The molecule has 0 aliphatic carbocycles. The minimum Gasteiger partial charge on any atom is -0.385 e. The SMILES string of the molecule is CCNc1ccc(N=Nc2ccccc2)cc1C. The van der Waals surface area contributed by atoms with Crippen molar-refractivity contribution in [3.8, 4) is 0 Å². The lowest BCUT2D eigenvalue weighted by molar-refractivity contribution is 1.19. The summed E-state index contributed by atoms with van der Waals surface area (Å²) in [5.74, 6) is 0. The van der Waals surface area contributed by atoms with E-state index >= 15 is 0 Å². The molecule has 0 radical (unpaired) electrons. The Labute approximate surface area is 108 Å². The average Bonchev–Trinajstić information content (AvgIpc) is 2.41. The van der Waals surface area contributed by atoms with Crippen LogP contribution in [0.15, 0.2) is 58.8 Å². The van der Waals surface area contributed by atoms with Crippen molar-refractivity contribution in [2.24, 2.45) is 10.2 Å². The zero-order chi connectivity index (χ0) is 12.8. The van der Waals surface area contributed by atoms with E-state index in [0.717, 1.165) is 23.6 Å². The number of hydrogen-bond acceptors (Lipinski definition) is 3. The molecule has 3 nitrogen and oxygen atoms in total. The minimum absolute atomic E-state index is 0.867. The Balaban J connectivity index is 2.15. The third-order valence-corrected chi connectivity index (χ3v) is 2.61. The first-order chi connectivity index (χ1) is 8.79. The molecule has 0 aromatic heterocycles. The van der Waals surface area contributed by atoms with Crippen molar-refractivity contribution in [2.75, 3.05) is 11.9 Å². The molecule has 0 spiro atoms. The Morgan fingerprint density at radius 1 is 0.944 bits per heavy atom. The van der Waals surface area contributed by atoms with Crippen molar-refractivity contribution < 1.29 is 0 Å². The van der Waals surface area contributed by atoms with Crippen LogP contribution in [0.25, 0.3) is 0 Å². The van der Waals surface area contributed by atoms with Gasteiger partial charge in [0.2, 0.25) is 0 Å². The Kier molecular flexibility index (Phi) is 4.07. The predicted octanol–water partition coefficient (Wildman–Crippen LogP) is 4.84. The number of nitrogens with one attached hydrogen (secondary N) is 1. The molecule has 0 amide bonds. The normalized spacial score (nSPS) is 10.8. The van der Waals surface area contributed by atoms with Crippen LogP contribution in [0.2, 0.25) is 0 Å². The summed E-state index contributed by atoms with van der Waals surface area (Å²) in [4.78, 5) is 0. The first-order valence-electron chi connectivity index (χ1n) is 6.11. The molecule has 0 aliphatic rings. The summed E-state index contributed by atoms with van der Waals surface area (Å²) in [5.41, 5.74) is 4.07. The third-order valence-electron chi connectivity index (χ3n) is 2.61. The number of azo groups is 1. The number of anilines is 1. The minimum atomic E-state index is 0.867. The number of hydrogen-bond donors (Lipinski definition) is 1. The van der Waals surface area contributed by atoms with Crippen LogP contribution >= 0.6 is 0 Å². The molecule has 18 heavy (non-hydrogen) atoms. The van der Waals surface area contributed by atoms with Gasteiger partial charge in [0.25, 0.3) is 0 Å². The highest BCUT2D eigenvalue weighted by Crippen LogP contribution is 2.23. The summed E-state index contributed by atoms with van der Waals surface area (Å²) < 4.78 is 0. The van der Waals surface area contributed by atoms with E-state index in [9.17, 15) is 0 Å². The zero-order valence-corrected chi connectivity index (χ0v) is 10.7. The summed E-state index contributed by atoms with van der Waals surface area (Å²) in [6.07, 6.45) is 0.